The van der Waals surface area contributed by atoms with Crippen LogP contribution in [0.15, 0.2) is 0 Å². The molecule has 0 aromatic heterocycles. The first-order valence-electron chi connectivity index (χ1n) is 6.00. The Labute approximate surface area is 88.5 Å². The maximum Gasteiger partial charge on any atom is 0.119 e. The van der Waals surface area contributed by atoms with Crippen LogP contribution < -0.4 is 5.32 Å². The molecule has 0 unspecified atom stereocenters. The molecule has 0 fully saturated rings. The Morgan fingerprint density at radius 2 is 1.36 bits per heavy atom. The van der Waals surface area contributed by atoms with Gasteiger partial charge < -0.3 is 10.1 Å². The minimum atomic E-state index is 0.752. The molecule has 0 aromatic rings. The van der Waals surface area contributed by atoms with E-state index in [1.54, 1.807) is 0 Å². The van der Waals surface area contributed by atoms with E-state index in [4.69, 9.17) is 0 Å². The zero-order chi connectivity index (χ0) is 10.5. The van der Waals surface area contributed by atoms with E-state index in [9.17, 15) is 4.79 Å². The lowest BCUT2D eigenvalue weighted by atomic mass is 10.1. The molecule has 0 heterocycles. The number of hydrogen-bond acceptors (Lipinski definition) is 2. The number of carbonyl (C=O) groups excluding carboxylic acids is 1. The normalized spacial score (nSPS) is 10.4. The molecule has 0 bridgehead atoms. The molecule has 0 radical (unpaired) electrons. The maximum absolute atomic E-state index is 10.0. The Morgan fingerprint density at radius 1 is 0.857 bits per heavy atom. The monoisotopic (exact) mass is 199 g/mol. The first-order chi connectivity index (χ1) is 6.91. The van der Waals surface area contributed by atoms with Crippen molar-refractivity contribution in [2.24, 2.45) is 0 Å². The second-order valence-corrected chi connectivity index (χ2v) is 3.89. The number of carbonyl (C=O) groups is 1. The van der Waals surface area contributed by atoms with Gasteiger partial charge in [0.1, 0.15) is 6.29 Å². The van der Waals surface area contributed by atoms with Crippen molar-refractivity contribution in [3.63, 3.8) is 0 Å². The van der Waals surface area contributed by atoms with E-state index in [0.29, 0.717) is 0 Å². The van der Waals surface area contributed by atoms with Crippen LogP contribution >= 0.6 is 0 Å². The fourth-order valence-electron chi connectivity index (χ4n) is 1.59. The Kier molecular flexibility index (Phi) is 12.3. The first kappa shape index (κ1) is 13.6. The van der Waals surface area contributed by atoms with Gasteiger partial charge in [-0.2, -0.15) is 0 Å². The fourth-order valence-corrected chi connectivity index (χ4v) is 1.59. The first-order valence-corrected chi connectivity index (χ1v) is 6.00. The van der Waals surface area contributed by atoms with Crippen LogP contribution in [0.5, 0.6) is 0 Å². The summed E-state index contributed by atoms with van der Waals surface area (Å²) in [5.74, 6) is 0. The predicted octanol–water partition coefficient (Wildman–Crippen LogP) is 2.92. The van der Waals surface area contributed by atoms with E-state index in [2.05, 4.69) is 5.32 Å². The van der Waals surface area contributed by atoms with E-state index in [1.165, 1.54) is 44.9 Å². The zero-order valence-electron chi connectivity index (χ0n) is 9.56. The van der Waals surface area contributed by atoms with Gasteiger partial charge in [0, 0.05) is 6.42 Å². The molecule has 0 aromatic carbocycles. The summed E-state index contributed by atoms with van der Waals surface area (Å²) in [6.07, 6.45) is 12.1. The Hall–Kier alpha value is -0.370. The van der Waals surface area contributed by atoms with E-state index in [-0.39, 0.29) is 0 Å². The van der Waals surface area contributed by atoms with Gasteiger partial charge in [-0.1, -0.05) is 38.5 Å². The molecule has 0 saturated carbocycles. The molecule has 14 heavy (non-hydrogen) atoms. The molecule has 0 spiro atoms. The fraction of sp³-hybridized carbons (Fsp3) is 0.917. The molecule has 0 aliphatic rings. The van der Waals surface area contributed by atoms with Crippen molar-refractivity contribution in [1.82, 2.24) is 5.32 Å². The summed E-state index contributed by atoms with van der Waals surface area (Å²) in [6.45, 7) is 1.15. The lowest BCUT2D eigenvalue weighted by Gasteiger charge is -2.01. The topological polar surface area (TPSA) is 29.1 Å². The lowest BCUT2D eigenvalue weighted by molar-refractivity contribution is -0.107. The molecule has 0 atom stereocenters. The summed E-state index contributed by atoms with van der Waals surface area (Å²) in [6, 6.07) is 0. The highest BCUT2D eigenvalue weighted by Crippen LogP contribution is 2.08. The molecule has 2 nitrogen and oxygen atoms in total. The highest BCUT2D eigenvalue weighted by atomic mass is 16.1. The van der Waals surface area contributed by atoms with E-state index in [1.807, 2.05) is 7.05 Å². The van der Waals surface area contributed by atoms with Crippen molar-refractivity contribution in [2.75, 3.05) is 13.6 Å². The number of nitrogens with one attached hydrogen (secondary N) is 1. The molecule has 1 N–H and O–H groups in total. The van der Waals surface area contributed by atoms with Gasteiger partial charge in [0.25, 0.3) is 0 Å². The van der Waals surface area contributed by atoms with E-state index >= 15 is 0 Å². The van der Waals surface area contributed by atoms with Crippen LogP contribution in [0.4, 0.5) is 0 Å². The highest BCUT2D eigenvalue weighted by Gasteiger charge is 1.91. The smallest absolute Gasteiger partial charge is 0.119 e. The van der Waals surface area contributed by atoms with Crippen molar-refractivity contribution in [3.8, 4) is 0 Å². The zero-order valence-corrected chi connectivity index (χ0v) is 9.56. The summed E-state index contributed by atoms with van der Waals surface area (Å²) in [4.78, 5) is 10.0. The largest absolute Gasteiger partial charge is 0.320 e. The average Bonchev–Trinajstić information content (AvgIpc) is 2.21. The molecule has 2 heteroatoms. The molecule has 0 aliphatic carbocycles. The Morgan fingerprint density at radius 3 is 1.86 bits per heavy atom. The Bertz CT molecular complexity index is 115. The van der Waals surface area contributed by atoms with E-state index in [0.717, 1.165) is 25.7 Å². The minimum absolute atomic E-state index is 0.752. The molecule has 84 valence electrons. The van der Waals surface area contributed by atoms with Gasteiger partial charge in [0.15, 0.2) is 0 Å². The van der Waals surface area contributed by atoms with Crippen LogP contribution in [0.3, 0.4) is 0 Å². The van der Waals surface area contributed by atoms with Gasteiger partial charge in [0.2, 0.25) is 0 Å². The third-order valence-corrected chi connectivity index (χ3v) is 2.50. The van der Waals surface area contributed by atoms with Gasteiger partial charge in [-0.25, -0.2) is 0 Å². The molecule has 0 amide bonds. The predicted molar refractivity (Wildman–Crippen MR) is 61.5 cm³/mol. The maximum atomic E-state index is 10.0. The SMILES string of the molecule is CNCCCCCCCCCCC=O. The summed E-state index contributed by atoms with van der Waals surface area (Å²) in [5, 5.41) is 3.16. The number of aldehydes is 1. The average molecular weight is 199 g/mol. The summed E-state index contributed by atoms with van der Waals surface area (Å²) in [5.41, 5.74) is 0. The van der Waals surface area contributed by atoms with Crippen LogP contribution in [-0.2, 0) is 4.79 Å². The van der Waals surface area contributed by atoms with Crippen LogP contribution in [0.1, 0.15) is 57.8 Å². The highest BCUT2D eigenvalue weighted by molar-refractivity contribution is 5.48. The second-order valence-electron chi connectivity index (χ2n) is 3.89. The van der Waals surface area contributed by atoms with Crippen molar-refractivity contribution in [3.05, 3.63) is 0 Å². The quantitative estimate of drug-likeness (QED) is 0.409. The third kappa shape index (κ3) is 11.6. The van der Waals surface area contributed by atoms with E-state index < -0.39 is 0 Å². The van der Waals surface area contributed by atoms with Crippen molar-refractivity contribution in [2.45, 2.75) is 57.8 Å². The molecule has 0 aliphatic heterocycles. The van der Waals surface area contributed by atoms with Crippen LogP contribution in [-0.4, -0.2) is 19.9 Å². The van der Waals surface area contributed by atoms with Crippen molar-refractivity contribution < 1.29 is 4.79 Å². The van der Waals surface area contributed by atoms with Gasteiger partial charge in [-0.15, -0.1) is 0 Å². The number of unbranched alkanes of at least 4 members (excludes halogenated alkanes) is 8. The third-order valence-electron chi connectivity index (χ3n) is 2.50. The summed E-state index contributed by atoms with van der Waals surface area (Å²) < 4.78 is 0. The van der Waals surface area contributed by atoms with Crippen LogP contribution in [0.2, 0.25) is 0 Å². The van der Waals surface area contributed by atoms with Crippen molar-refractivity contribution in [1.29, 1.82) is 0 Å². The molecule has 0 rings (SSSR count). The summed E-state index contributed by atoms with van der Waals surface area (Å²) in [7, 11) is 2.01. The van der Waals surface area contributed by atoms with Gasteiger partial charge in [-0.05, 0) is 26.4 Å². The molecular formula is C12H25NO. The molecular weight excluding hydrogens is 174 g/mol. The van der Waals surface area contributed by atoms with Gasteiger partial charge >= 0.3 is 0 Å². The minimum Gasteiger partial charge on any atom is -0.320 e. The standard InChI is InChI=1S/C12H25NO/c1-13-11-9-7-5-3-2-4-6-8-10-12-14/h12-13H,2-11H2,1H3. The van der Waals surface area contributed by atoms with Gasteiger partial charge in [0.05, 0.1) is 0 Å². The molecule has 0 saturated heterocycles. The van der Waals surface area contributed by atoms with Gasteiger partial charge in [-0.3, -0.25) is 0 Å². The second kappa shape index (κ2) is 12.6. The Balaban J connectivity index is 2.81. The summed E-state index contributed by atoms with van der Waals surface area (Å²) >= 11 is 0. The van der Waals surface area contributed by atoms with Crippen molar-refractivity contribution >= 4 is 6.29 Å². The number of rotatable bonds is 11. The van der Waals surface area contributed by atoms with Crippen LogP contribution in [0, 0.1) is 0 Å². The lowest BCUT2D eigenvalue weighted by Crippen LogP contribution is -2.06. The number of hydrogen-bond donors (Lipinski definition) is 1. The van der Waals surface area contributed by atoms with Crippen LogP contribution in [0.25, 0.3) is 0 Å².